The Morgan fingerprint density at radius 1 is 0.409 bits per heavy atom. The van der Waals surface area contributed by atoms with E-state index in [9.17, 15) is 19.7 Å². The van der Waals surface area contributed by atoms with E-state index in [-0.39, 0.29) is 43.1 Å². The summed E-state index contributed by atoms with van der Waals surface area (Å²) >= 11 is 0. The van der Waals surface area contributed by atoms with Crippen LogP contribution in [0.25, 0.3) is 22.3 Å². The minimum atomic E-state index is -0.562. The average molecular weight is 904 g/mol. The quantitative estimate of drug-likeness (QED) is 0.0648. The molecule has 66 heavy (non-hydrogen) atoms. The number of carbonyl (C=O) groups excluding carboxylic acids is 2. The number of ether oxygens (including phenoxy) is 1. The largest absolute Gasteiger partial charge is 0.394 e. The van der Waals surface area contributed by atoms with Crippen molar-refractivity contribution in [1.82, 2.24) is 0 Å². The molecule has 0 saturated heterocycles. The molecular weight excluding hydrogens is 815 g/mol. The number of hydrogen-bond donors (Lipinski definition) is 0. The fraction of sp³-hybridized carbons (Fsp3) is 0.567. The third-order valence-electron chi connectivity index (χ3n) is 11.8. The highest BCUT2D eigenvalue weighted by Gasteiger charge is 2.32. The number of esters is 2. The zero-order valence-corrected chi connectivity index (χ0v) is 45.5. The summed E-state index contributed by atoms with van der Waals surface area (Å²) in [6, 6.07) is 32.5. The monoisotopic (exact) mass is 904 g/mol. The van der Waals surface area contributed by atoms with E-state index in [0.29, 0.717) is 16.4 Å². The fourth-order valence-corrected chi connectivity index (χ4v) is 10.6. The first kappa shape index (κ1) is 57.5. The lowest BCUT2D eigenvalue weighted by Crippen LogP contribution is -2.25. The van der Waals surface area contributed by atoms with E-state index in [0.717, 1.165) is 24.0 Å². The van der Waals surface area contributed by atoms with Crippen LogP contribution < -0.4 is 0 Å². The minimum Gasteiger partial charge on any atom is -0.394 e. The van der Waals surface area contributed by atoms with Crippen LogP contribution in [0.5, 0.6) is 0 Å². The van der Waals surface area contributed by atoms with E-state index in [4.69, 9.17) is 0 Å². The van der Waals surface area contributed by atoms with Gasteiger partial charge in [-0.25, -0.2) is 0 Å². The summed E-state index contributed by atoms with van der Waals surface area (Å²) in [4.78, 5) is 31.3. The molecule has 0 aromatic heterocycles. The molecule has 0 heterocycles. The van der Waals surface area contributed by atoms with Gasteiger partial charge in [0.1, 0.15) is 0 Å². The Balaban J connectivity index is 0.000000397. The van der Waals surface area contributed by atoms with Crippen molar-refractivity contribution in [2.75, 3.05) is 0 Å². The second kappa shape index (κ2) is 21.6. The average Bonchev–Trinajstić information content (AvgIpc) is 3.11. The minimum absolute atomic E-state index is 0.0452. The molecule has 0 amide bonds. The van der Waals surface area contributed by atoms with Crippen molar-refractivity contribution in [3.05, 3.63) is 123 Å². The van der Waals surface area contributed by atoms with Crippen LogP contribution in [0, 0.1) is 31.8 Å². The molecule has 0 aliphatic heterocycles. The zero-order valence-electron chi connectivity index (χ0n) is 45.5. The van der Waals surface area contributed by atoms with E-state index in [1.165, 1.54) is 54.5 Å². The molecule has 4 rings (SSSR count). The van der Waals surface area contributed by atoms with Gasteiger partial charge in [0.25, 0.3) is 5.69 Å². The Kier molecular flexibility index (Phi) is 18.8. The van der Waals surface area contributed by atoms with Crippen LogP contribution in [0.15, 0.2) is 91.0 Å². The van der Waals surface area contributed by atoms with Gasteiger partial charge in [-0.2, -0.15) is 0 Å². The highest BCUT2D eigenvalue weighted by molar-refractivity contribution is 5.82. The van der Waals surface area contributed by atoms with Crippen molar-refractivity contribution in [3.8, 4) is 22.3 Å². The molecule has 0 aliphatic rings. The maximum absolute atomic E-state index is 11.9. The van der Waals surface area contributed by atoms with Gasteiger partial charge >= 0.3 is 11.9 Å². The Labute approximate surface area is 402 Å². The maximum atomic E-state index is 11.9. The summed E-state index contributed by atoms with van der Waals surface area (Å²) in [5, 5.41) is 11.9. The van der Waals surface area contributed by atoms with Gasteiger partial charge < -0.3 is 4.74 Å². The van der Waals surface area contributed by atoms with Gasteiger partial charge in [-0.3, -0.25) is 19.7 Å². The van der Waals surface area contributed by atoms with Crippen molar-refractivity contribution >= 4 is 17.6 Å². The van der Waals surface area contributed by atoms with E-state index >= 15 is 0 Å². The molecule has 0 radical (unpaired) electrons. The van der Waals surface area contributed by atoms with Crippen LogP contribution in [0.3, 0.4) is 0 Å². The highest BCUT2D eigenvalue weighted by atomic mass is 16.6. The Bertz CT molecular complexity index is 2130. The lowest BCUT2D eigenvalue weighted by molar-refractivity contribution is -0.384. The van der Waals surface area contributed by atoms with E-state index < -0.39 is 11.9 Å². The summed E-state index contributed by atoms with van der Waals surface area (Å²) < 4.78 is 3.97. The number of nitrogens with zero attached hydrogens (tertiary/aromatic N) is 1. The van der Waals surface area contributed by atoms with Gasteiger partial charge in [0.2, 0.25) is 0 Å². The Morgan fingerprint density at radius 3 is 0.879 bits per heavy atom. The van der Waals surface area contributed by atoms with Crippen molar-refractivity contribution < 1.29 is 19.2 Å². The normalized spacial score (nSPS) is 12.9. The molecule has 0 saturated carbocycles. The predicted octanol–water partition coefficient (Wildman–Crippen LogP) is 17.6. The second-order valence-corrected chi connectivity index (χ2v) is 26.3. The zero-order chi connectivity index (χ0) is 51.1. The maximum Gasteiger partial charge on any atom is 0.310 e. The van der Waals surface area contributed by atoms with Gasteiger partial charge in [-0.05, 0) is 114 Å². The van der Waals surface area contributed by atoms with Gasteiger partial charge in [-0.15, -0.1) is 0 Å². The van der Waals surface area contributed by atoms with Crippen LogP contribution >= 0.6 is 0 Å². The molecule has 364 valence electrons. The molecule has 0 unspecified atom stereocenters. The number of hydrogen-bond acceptors (Lipinski definition) is 5. The summed E-state index contributed by atoms with van der Waals surface area (Å²) in [6.07, 6.45) is 4.37. The van der Waals surface area contributed by atoms with Crippen molar-refractivity contribution in [3.63, 3.8) is 0 Å². The first-order valence-electron chi connectivity index (χ1n) is 23.9. The van der Waals surface area contributed by atoms with Crippen molar-refractivity contribution in [2.45, 2.75) is 200 Å². The van der Waals surface area contributed by atoms with E-state index in [2.05, 4.69) is 210 Å². The Hall–Kier alpha value is -4.58. The molecule has 4 aromatic rings. The lowest BCUT2D eigenvalue weighted by atomic mass is 9.71. The number of benzene rings is 4. The van der Waals surface area contributed by atoms with Crippen LogP contribution in [0.4, 0.5) is 5.69 Å². The summed E-state index contributed by atoms with van der Waals surface area (Å²) in [5.41, 5.74) is 10.8. The second-order valence-electron chi connectivity index (χ2n) is 26.3. The fourth-order valence-electron chi connectivity index (χ4n) is 10.6. The van der Waals surface area contributed by atoms with Crippen molar-refractivity contribution in [2.24, 2.45) is 21.7 Å². The molecule has 0 bridgehead atoms. The third-order valence-corrected chi connectivity index (χ3v) is 11.8. The number of carbonyl (C=O) groups is 2. The van der Waals surface area contributed by atoms with Crippen LogP contribution in [-0.4, -0.2) is 16.9 Å². The highest BCUT2D eigenvalue weighted by Crippen LogP contribution is 2.42. The molecule has 0 atom stereocenters. The number of rotatable bonds is 11. The Morgan fingerprint density at radius 2 is 0.652 bits per heavy atom. The summed E-state index contributed by atoms with van der Waals surface area (Å²) in [6.45, 7) is 48.0. The lowest BCUT2D eigenvalue weighted by Gasteiger charge is -2.33. The topological polar surface area (TPSA) is 86.5 Å². The summed E-state index contributed by atoms with van der Waals surface area (Å²) in [7, 11) is 0. The van der Waals surface area contributed by atoms with Crippen molar-refractivity contribution in [1.29, 1.82) is 0 Å². The number of nitro benzene ring substituents is 1. The molecule has 0 fully saturated rings. The van der Waals surface area contributed by atoms with Gasteiger partial charge in [-0.1, -0.05) is 217 Å². The standard InChI is InChI=1S/C28H41NO2.C28H42.C4H6O3/c1-25(2,3)18-27(7,8)21-13-11-20(12-14-21)23-16-15-22(17-24(23)29(30)31)28(9,10)19-26(4,5)6;1-25(2,3)19-27(7,8)23-15-11-21(12-16-23)22-13-17-24(18-14-22)28(9,10)20-26(4,5)6;1-3(5)7-4(2)6/h11-17H,18-19H2,1-10H3;11-18H,19-20H2,1-10H3;1-2H3. The van der Waals surface area contributed by atoms with Crippen LogP contribution in [0.2, 0.25) is 0 Å². The first-order valence-corrected chi connectivity index (χ1v) is 23.9. The number of nitro groups is 1. The van der Waals surface area contributed by atoms with Crippen LogP contribution in [-0.2, 0) is 36.0 Å². The third kappa shape index (κ3) is 19.3. The van der Waals surface area contributed by atoms with E-state index in [1.807, 2.05) is 18.2 Å². The molecule has 6 heteroatoms. The molecular formula is C60H89NO5. The van der Waals surface area contributed by atoms with Crippen LogP contribution in [0.1, 0.15) is 200 Å². The first-order chi connectivity index (χ1) is 29.6. The molecule has 4 aromatic carbocycles. The molecule has 6 nitrogen and oxygen atoms in total. The molecule has 0 N–H and O–H groups in total. The van der Waals surface area contributed by atoms with E-state index in [1.54, 1.807) is 6.07 Å². The summed E-state index contributed by atoms with van der Waals surface area (Å²) in [5.74, 6) is -1.12. The predicted molar refractivity (Wildman–Crippen MR) is 281 cm³/mol. The molecule has 0 aliphatic carbocycles. The molecule has 0 spiro atoms. The SMILES string of the molecule is CC(=O)OC(C)=O.CC(C)(C)CC(C)(C)c1ccc(-c2ccc(C(C)(C)CC(C)(C)C)cc2)cc1.CC(C)(C)CC(C)(C)c1ccc(-c2ccc(C(C)(C)CC(C)(C)C)cc2[N+](=O)[O-])cc1. The van der Waals surface area contributed by atoms with Gasteiger partial charge in [0.15, 0.2) is 0 Å². The van der Waals surface area contributed by atoms with Gasteiger partial charge in [0, 0.05) is 19.9 Å². The smallest absolute Gasteiger partial charge is 0.310 e. The van der Waals surface area contributed by atoms with Gasteiger partial charge in [0.05, 0.1) is 10.5 Å².